The van der Waals surface area contributed by atoms with E-state index >= 15 is 0 Å². The second-order valence-electron chi connectivity index (χ2n) is 9.70. The lowest BCUT2D eigenvalue weighted by atomic mass is 10.1. The largest absolute Gasteiger partial charge is 0.484 e. The van der Waals surface area contributed by atoms with Crippen molar-refractivity contribution >= 4 is 35.1 Å². The van der Waals surface area contributed by atoms with Gasteiger partial charge >= 0.3 is 0 Å². The van der Waals surface area contributed by atoms with Gasteiger partial charge in [-0.2, -0.15) is 0 Å². The van der Waals surface area contributed by atoms with Crippen LogP contribution in [-0.4, -0.2) is 60.7 Å². The Kier molecular flexibility index (Phi) is 11.8. The highest BCUT2D eigenvalue weighted by molar-refractivity contribution is 6.12. The lowest BCUT2D eigenvalue weighted by Crippen LogP contribution is -2.29. The van der Waals surface area contributed by atoms with Crippen molar-refractivity contribution in [3.63, 3.8) is 0 Å². The first-order chi connectivity index (χ1) is 19.8. The van der Waals surface area contributed by atoms with Crippen LogP contribution in [0.5, 0.6) is 5.75 Å². The first kappa shape index (κ1) is 30.8. The molecule has 0 fully saturated rings. The molecule has 3 amide bonds. The number of aromatic nitrogens is 1. The number of unbranched alkanes of at least 4 members (excludes halogenated alkanes) is 4. The van der Waals surface area contributed by atoms with Crippen LogP contribution in [0.25, 0.3) is 0 Å². The Hall–Kier alpha value is -4.73. The van der Waals surface area contributed by atoms with Crippen molar-refractivity contribution in [2.75, 3.05) is 37.9 Å². The molecule has 2 aromatic carbocycles. The molecule has 3 rings (SSSR count). The summed E-state index contributed by atoms with van der Waals surface area (Å²) in [5.74, 6) is -0.204. The lowest BCUT2D eigenvalue weighted by Gasteiger charge is -2.15. The molecule has 0 aliphatic carbocycles. The summed E-state index contributed by atoms with van der Waals surface area (Å²) in [7, 11) is 3.55. The highest BCUT2D eigenvalue weighted by Gasteiger charge is 2.17. The fraction of sp³-hybridized carbons (Fsp3) is 0.323. The number of carbonyl (C=O) groups excluding carboxylic acids is 3. The number of ether oxygens (including phenoxy) is 1. The van der Waals surface area contributed by atoms with Crippen molar-refractivity contribution in [2.24, 2.45) is 0 Å². The molecule has 0 bridgehead atoms. The summed E-state index contributed by atoms with van der Waals surface area (Å²) in [5.41, 5.74) is 1.44. The van der Waals surface area contributed by atoms with Gasteiger partial charge in [-0.1, -0.05) is 50.8 Å². The van der Waals surface area contributed by atoms with Gasteiger partial charge < -0.3 is 25.6 Å². The van der Waals surface area contributed by atoms with Crippen LogP contribution < -0.4 is 20.7 Å². The van der Waals surface area contributed by atoms with E-state index in [0.717, 1.165) is 19.3 Å². The fourth-order valence-electron chi connectivity index (χ4n) is 3.92. The summed E-state index contributed by atoms with van der Waals surface area (Å²) in [5, 5.41) is 16.4. The number of hydrogen-bond donors (Lipinski definition) is 4. The molecule has 0 aliphatic heterocycles. The van der Waals surface area contributed by atoms with E-state index in [2.05, 4.69) is 27.9 Å². The molecule has 0 saturated carbocycles. The number of carbonyl (C=O) groups is 3. The maximum Gasteiger partial charge on any atom is 0.259 e. The van der Waals surface area contributed by atoms with E-state index < -0.39 is 11.8 Å². The van der Waals surface area contributed by atoms with E-state index in [9.17, 15) is 14.4 Å². The van der Waals surface area contributed by atoms with Crippen molar-refractivity contribution in [1.82, 2.24) is 15.2 Å². The topological polar surface area (TPSA) is 137 Å². The molecule has 216 valence electrons. The summed E-state index contributed by atoms with van der Waals surface area (Å²) in [4.78, 5) is 44.3. The molecular formula is C31H38N6O4. The number of rotatable bonds is 14. The molecule has 0 aliphatic rings. The number of amides is 3. The van der Waals surface area contributed by atoms with E-state index in [-0.39, 0.29) is 23.8 Å². The number of hydrogen-bond acceptors (Lipinski definition) is 6. The van der Waals surface area contributed by atoms with Crippen LogP contribution in [0.4, 0.5) is 11.5 Å². The second-order valence-corrected chi connectivity index (χ2v) is 9.70. The summed E-state index contributed by atoms with van der Waals surface area (Å²) in [6, 6.07) is 16.4. The number of anilines is 2. The van der Waals surface area contributed by atoms with Gasteiger partial charge in [0.05, 0.1) is 11.3 Å². The molecule has 0 spiro atoms. The van der Waals surface area contributed by atoms with E-state index in [4.69, 9.17) is 10.1 Å². The third-order valence-electron chi connectivity index (χ3n) is 6.23. The van der Waals surface area contributed by atoms with Gasteiger partial charge in [-0.15, -0.1) is 0 Å². The van der Waals surface area contributed by atoms with E-state index in [1.165, 1.54) is 18.9 Å². The number of nitrogens with zero attached hydrogens (tertiary/aromatic N) is 2. The number of benzene rings is 2. The zero-order valence-electron chi connectivity index (χ0n) is 23.8. The van der Waals surface area contributed by atoms with Gasteiger partial charge in [0.15, 0.2) is 6.61 Å². The van der Waals surface area contributed by atoms with Crippen molar-refractivity contribution in [3.8, 4) is 5.75 Å². The average Bonchev–Trinajstić information content (AvgIpc) is 2.98. The van der Waals surface area contributed by atoms with Crippen LogP contribution in [0.2, 0.25) is 0 Å². The molecule has 1 heterocycles. The van der Waals surface area contributed by atoms with E-state index in [0.29, 0.717) is 35.1 Å². The number of nitrogens with one attached hydrogen (secondary N) is 4. The fourth-order valence-corrected chi connectivity index (χ4v) is 3.92. The maximum atomic E-state index is 13.2. The molecule has 1 aromatic heterocycles. The van der Waals surface area contributed by atoms with Crippen molar-refractivity contribution in [3.05, 3.63) is 83.6 Å². The van der Waals surface area contributed by atoms with Gasteiger partial charge in [0.2, 0.25) is 0 Å². The zero-order valence-corrected chi connectivity index (χ0v) is 23.8. The van der Waals surface area contributed by atoms with Crippen molar-refractivity contribution in [2.45, 2.75) is 39.0 Å². The number of pyridine rings is 1. The highest BCUT2D eigenvalue weighted by atomic mass is 16.5. The Morgan fingerprint density at radius 3 is 2.29 bits per heavy atom. The Balaban J connectivity index is 1.71. The van der Waals surface area contributed by atoms with Gasteiger partial charge in [0.25, 0.3) is 17.7 Å². The maximum absolute atomic E-state index is 13.2. The molecule has 0 atom stereocenters. The summed E-state index contributed by atoms with van der Waals surface area (Å²) < 4.78 is 5.66. The lowest BCUT2D eigenvalue weighted by molar-refractivity contribution is -0.123. The first-order valence-corrected chi connectivity index (χ1v) is 13.7. The second kappa shape index (κ2) is 15.8. The quantitative estimate of drug-likeness (QED) is 0.126. The van der Waals surface area contributed by atoms with Gasteiger partial charge in [0, 0.05) is 38.0 Å². The van der Waals surface area contributed by atoms with Crippen LogP contribution >= 0.6 is 0 Å². The average molecular weight is 559 g/mol. The van der Waals surface area contributed by atoms with Crippen LogP contribution in [-0.2, 0) is 4.79 Å². The highest BCUT2D eigenvalue weighted by Crippen LogP contribution is 2.24. The predicted molar refractivity (Wildman–Crippen MR) is 161 cm³/mol. The minimum absolute atomic E-state index is 0.142. The standard InChI is InChI=1S/C31H38N6O4/c1-4-5-6-7-9-19-34-28(38)21-41-24-16-17-26(25(20-24)31(40)36-27-11-8-10-18-33-27)35-30(39)23-14-12-22(13-15-23)29(32)37(2)3/h8,10-18,20,32H,4-7,9,19,21H2,1-3H3,(H,34,38)(H,35,39)(H,33,36,40). The summed E-state index contributed by atoms with van der Waals surface area (Å²) >= 11 is 0. The Labute approximate surface area is 241 Å². The smallest absolute Gasteiger partial charge is 0.259 e. The molecule has 10 heteroatoms. The van der Waals surface area contributed by atoms with Crippen molar-refractivity contribution < 1.29 is 19.1 Å². The summed E-state index contributed by atoms with van der Waals surface area (Å²) in [6.45, 7) is 2.55. The van der Waals surface area contributed by atoms with Crippen LogP contribution in [0.15, 0.2) is 66.9 Å². The van der Waals surface area contributed by atoms with Gasteiger partial charge in [-0.05, 0) is 48.9 Å². The molecule has 0 saturated heterocycles. The molecule has 41 heavy (non-hydrogen) atoms. The molecule has 0 unspecified atom stereocenters. The van der Waals surface area contributed by atoms with Crippen molar-refractivity contribution in [1.29, 1.82) is 5.41 Å². The molecule has 10 nitrogen and oxygen atoms in total. The van der Waals surface area contributed by atoms with E-state index in [1.807, 2.05) is 0 Å². The minimum Gasteiger partial charge on any atom is -0.484 e. The Morgan fingerprint density at radius 1 is 0.878 bits per heavy atom. The molecular weight excluding hydrogens is 520 g/mol. The van der Waals surface area contributed by atoms with Gasteiger partial charge in [-0.25, -0.2) is 4.98 Å². The predicted octanol–water partition coefficient (Wildman–Crippen LogP) is 4.94. The third-order valence-corrected chi connectivity index (χ3v) is 6.23. The number of amidine groups is 1. The Morgan fingerprint density at radius 2 is 1.61 bits per heavy atom. The van der Waals surface area contributed by atoms with Gasteiger partial charge in [0.1, 0.15) is 17.4 Å². The molecule has 4 N–H and O–H groups in total. The Bertz CT molecular complexity index is 1330. The van der Waals surface area contributed by atoms with Crippen LogP contribution in [0.1, 0.15) is 65.3 Å². The molecule has 0 radical (unpaired) electrons. The monoisotopic (exact) mass is 558 g/mol. The zero-order chi connectivity index (χ0) is 29.6. The normalized spacial score (nSPS) is 10.4. The summed E-state index contributed by atoms with van der Waals surface area (Å²) in [6.07, 6.45) is 7.06. The minimum atomic E-state index is -0.504. The molecule has 3 aromatic rings. The van der Waals surface area contributed by atoms with E-state index in [1.54, 1.807) is 79.8 Å². The van der Waals surface area contributed by atoms with Crippen LogP contribution in [0.3, 0.4) is 0 Å². The van der Waals surface area contributed by atoms with Gasteiger partial charge in [-0.3, -0.25) is 19.8 Å². The SMILES string of the molecule is CCCCCCCNC(=O)COc1ccc(NC(=O)c2ccc(C(=N)N(C)C)cc2)c(C(=O)Nc2ccccn2)c1. The van der Waals surface area contributed by atoms with Crippen LogP contribution in [0, 0.1) is 5.41 Å². The first-order valence-electron chi connectivity index (χ1n) is 13.7. The third kappa shape index (κ3) is 9.75.